The van der Waals surface area contributed by atoms with Crippen molar-refractivity contribution in [2.75, 3.05) is 13.1 Å². The molecule has 1 aliphatic carbocycles. The molecule has 0 aromatic rings. The Hall–Kier alpha value is -0.570. The van der Waals surface area contributed by atoms with Crippen LogP contribution in [-0.2, 0) is 4.79 Å². The highest BCUT2D eigenvalue weighted by Crippen LogP contribution is 2.37. The largest absolute Gasteiger partial charge is 0.481 e. The third-order valence-corrected chi connectivity index (χ3v) is 4.01. The molecule has 1 saturated carbocycles. The minimum atomic E-state index is -0.636. The van der Waals surface area contributed by atoms with E-state index in [-0.39, 0.29) is 0 Å². The van der Waals surface area contributed by atoms with Gasteiger partial charge in [0.2, 0.25) is 0 Å². The van der Waals surface area contributed by atoms with Crippen LogP contribution in [0.2, 0.25) is 0 Å². The van der Waals surface area contributed by atoms with Gasteiger partial charge in [-0.2, -0.15) is 0 Å². The van der Waals surface area contributed by atoms with Crippen molar-refractivity contribution in [3.05, 3.63) is 0 Å². The molecule has 0 aromatic heterocycles. The summed E-state index contributed by atoms with van der Waals surface area (Å²) in [6.07, 6.45) is 4.83. The molecular weight excluding hydrogens is 190 g/mol. The summed E-state index contributed by atoms with van der Waals surface area (Å²) in [6.45, 7) is 5.80. The normalized spacial score (nSPS) is 34.3. The molecule has 2 rings (SSSR count). The highest BCUT2D eigenvalue weighted by molar-refractivity contribution is 5.74. The Morgan fingerprint density at radius 1 is 1.60 bits per heavy atom. The SMILES string of the molecule is CC(CC1CC1)N1CCC(C)(C(=O)O)C1. The molecule has 0 bridgehead atoms. The fraction of sp³-hybridized carbons (Fsp3) is 0.917. The third kappa shape index (κ3) is 2.33. The van der Waals surface area contributed by atoms with E-state index in [1.54, 1.807) is 0 Å². The van der Waals surface area contributed by atoms with Crippen molar-refractivity contribution >= 4 is 5.97 Å². The van der Waals surface area contributed by atoms with Crippen molar-refractivity contribution in [2.24, 2.45) is 11.3 Å². The highest BCUT2D eigenvalue weighted by atomic mass is 16.4. The van der Waals surface area contributed by atoms with E-state index in [0.29, 0.717) is 6.04 Å². The van der Waals surface area contributed by atoms with Gasteiger partial charge in [0.25, 0.3) is 0 Å². The van der Waals surface area contributed by atoms with Crippen LogP contribution in [0.3, 0.4) is 0 Å². The van der Waals surface area contributed by atoms with Crippen LogP contribution < -0.4 is 0 Å². The summed E-state index contributed by atoms with van der Waals surface area (Å²) in [7, 11) is 0. The van der Waals surface area contributed by atoms with Gasteiger partial charge in [0.15, 0.2) is 0 Å². The fourth-order valence-electron chi connectivity index (χ4n) is 2.53. The smallest absolute Gasteiger partial charge is 0.310 e. The van der Waals surface area contributed by atoms with Gasteiger partial charge in [0.05, 0.1) is 5.41 Å². The second-order valence-corrected chi connectivity index (χ2v) is 5.61. The Balaban J connectivity index is 1.87. The standard InChI is InChI=1S/C12H21NO2/c1-9(7-10-3-4-10)13-6-5-12(2,8-13)11(14)15/h9-10H,3-8H2,1-2H3,(H,14,15). The van der Waals surface area contributed by atoms with Gasteiger partial charge in [-0.05, 0) is 39.2 Å². The van der Waals surface area contributed by atoms with Crippen LogP contribution in [0, 0.1) is 11.3 Å². The molecule has 3 heteroatoms. The lowest BCUT2D eigenvalue weighted by Gasteiger charge is -2.26. The van der Waals surface area contributed by atoms with Gasteiger partial charge in [0.1, 0.15) is 0 Å². The van der Waals surface area contributed by atoms with E-state index >= 15 is 0 Å². The lowest BCUT2D eigenvalue weighted by molar-refractivity contribution is -0.147. The first-order valence-corrected chi connectivity index (χ1v) is 5.99. The van der Waals surface area contributed by atoms with Gasteiger partial charge in [-0.1, -0.05) is 12.8 Å². The molecule has 0 aromatic carbocycles. The minimum absolute atomic E-state index is 0.502. The Labute approximate surface area is 91.5 Å². The second-order valence-electron chi connectivity index (χ2n) is 5.61. The third-order valence-electron chi connectivity index (χ3n) is 4.01. The van der Waals surface area contributed by atoms with Crippen LogP contribution in [-0.4, -0.2) is 35.1 Å². The molecule has 86 valence electrons. The molecule has 1 heterocycles. The van der Waals surface area contributed by atoms with Gasteiger partial charge in [-0.15, -0.1) is 0 Å². The molecule has 1 aliphatic heterocycles. The summed E-state index contributed by atoms with van der Waals surface area (Å²) in [5.41, 5.74) is -0.502. The van der Waals surface area contributed by atoms with Crippen LogP contribution in [0.4, 0.5) is 0 Å². The summed E-state index contributed by atoms with van der Waals surface area (Å²) < 4.78 is 0. The number of carboxylic acids is 1. The van der Waals surface area contributed by atoms with Crippen molar-refractivity contribution in [2.45, 2.75) is 45.6 Å². The summed E-state index contributed by atoms with van der Waals surface area (Å²) >= 11 is 0. The molecule has 15 heavy (non-hydrogen) atoms. The molecule has 1 saturated heterocycles. The number of likely N-dealkylation sites (tertiary alicyclic amines) is 1. The van der Waals surface area contributed by atoms with Crippen LogP contribution in [0.15, 0.2) is 0 Å². The van der Waals surface area contributed by atoms with Gasteiger partial charge >= 0.3 is 5.97 Å². The molecule has 0 spiro atoms. The van der Waals surface area contributed by atoms with Crippen LogP contribution in [0.25, 0.3) is 0 Å². The fourth-order valence-corrected chi connectivity index (χ4v) is 2.53. The van der Waals surface area contributed by atoms with Crippen LogP contribution in [0.1, 0.15) is 39.5 Å². The number of hydrogen-bond acceptors (Lipinski definition) is 2. The van der Waals surface area contributed by atoms with Gasteiger partial charge in [0, 0.05) is 12.6 Å². The van der Waals surface area contributed by atoms with E-state index in [1.807, 2.05) is 6.92 Å². The predicted molar refractivity (Wildman–Crippen MR) is 58.7 cm³/mol. The maximum absolute atomic E-state index is 11.1. The molecular formula is C12H21NO2. The number of hydrogen-bond donors (Lipinski definition) is 1. The molecule has 2 fully saturated rings. The lowest BCUT2D eigenvalue weighted by Crippen LogP contribution is -2.36. The van der Waals surface area contributed by atoms with Crippen molar-refractivity contribution < 1.29 is 9.90 Å². The topological polar surface area (TPSA) is 40.5 Å². The molecule has 1 N–H and O–H groups in total. The first kappa shape index (κ1) is 10.9. The zero-order valence-corrected chi connectivity index (χ0v) is 9.70. The molecule has 0 amide bonds. The predicted octanol–water partition coefficient (Wildman–Crippen LogP) is 1.97. The summed E-state index contributed by atoms with van der Waals surface area (Å²) in [5, 5.41) is 9.14. The maximum Gasteiger partial charge on any atom is 0.310 e. The van der Waals surface area contributed by atoms with Crippen molar-refractivity contribution in [1.82, 2.24) is 4.90 Å². The zero-order valence-electron chi connectivity index (χ0n) is 9.70. The Bertz CT molecular complexity index is 262. The van der Waals surface area contributed by atoms with E-state index in [2.05, 4.69) is 11.8 Å². The highest BCUT2D eigenvalue weighted by Gasteiger charge is 2.42. The first-order valence-electron chi connectivity index (χ1n) is 5.99. The first-order chi connectivity index (χ1) is 7.01. The number of nitrogens with zero attached hydrogens (tertiary/aromatic N) is 1. The zero-order chi connectivity index (χ0) is 11.1. The Kier molecular flexibility index (Phi) is 2.75. The second kappa shape index (κ2) is 3.78. The number of aliphatic carboxylic acids is 1. The number of rotatable bonds is 4. The number of carboxylic acid groups (broad SMARTS) is 1. The average Bonchev–Trinajstić information content (AvgIpc) is 2.87. The van der Waals surface area contributed by atoms with E-state index in [1.165, 1.54) is 19.3 Å². The van der Waals surface area contributed by atoms with Crippen LogP contribution in [0.5, 0.6) is 0 Å². The summed E-state index contributed by atoms with van der Waals surface area (Å²) in [6, 6.07) is 0.568. The minimum Gasteiger partial charge on any atom is -0.481 e. The van der Waals surface area contributed by atoms with Gasteiger partial charge in [-0.3, -0.25) is 9.69 Å². The lowest BCUT2D eigenvalue weighted by atomic mass is 9.90. The van der Waals surface area contributed by atoms with E-state index in [4.69, 9.17) is 5.11 Å². The molecule has 2 atom stereocenters. The van der Waals surface area contributed by atoms with Gasteiger partial charge in [-0.25, -0.2) is 0 Å². The quantitative estimate of drug-likeness (QED) is 0.773. The van der Waals surface area contributed by atoms with E-state index < -0.39 is 11.4 Å². The van der Waals surface area contributed by atoms with E-state index in [9.17, 15) is 4.79 Å². The summed E-state index contributed by atoms with van der Waals surface area (Å²) in [5.74, 6) is 0.292. The number of carbonyl (C=O) groups is 1. The van der Waals surface area contributed by atoms with Gasteiger partial charge < -0.3 is 5.11 Å². The molecule has 0 radical (unpaired) electrons. The van der Waals surface area contributed by atoms with Crippen molar-refractivity contribution in [3.63, 3.8) is 0 Å². The molecule has 3 nitrogen and oxygen atoms in total. The Morgan fingerprint density at radius 2 is 2.27 bits per heavy atom. The monoisotopic (exact) mass is 211 g/mol. The van der Waals surface area contributed by atoms with Crippen molar-refractivity contribution in [3.8, 4) is 0 Å². The Morgan fingerprint density at radius 3 is 2.73 bits per heavy atom. The molecule has 2 unspecified atom stereocenters. The van der Waals surface area contributed by atoms with Crippen molar-refractivity contribution in [1.29, 1.82) is 0 Å². The maximum atomic E-state index is 11.1. The van der Waals surface area contributed by atoms with E-state index in [0.717, 1.165) is 25.4 Å². The average molecular weight is 211 g/mol. The van der Waals surface area contributed by atoms with Crippen LogP contribution >= 0.6 is 0 Å². The molecule has 2 aliphatic rings. The summed E-state index contributed by atoms with van der Waals surface area (Å²) in [4.78, 5) is 13.5.